The highest BCUT2D eigenvalue weighted by atomic mass is 79.9. The van der Waals surface area contributed by atoms with Gasteiger partial charge in [-0.05, 0) is 42.8 Å². The summed E-state index contributed by atoms with van der Waals surface area (Å²) >= 11 is 9.25. The monoisotopic (exact) mass is 324 g/mol. The number of nitrogens with one attached hydrogen (secondary N) is 1. The van der Waals surface area contributed by atoms with Crippen LogP contribution < -0.4 is 5.32 Å². The van der Waals surface area contributed by atoms with Crippen molar-refractivity contribution in [1.82, 2.24) is 4.98 Å². The van der Waals surface area contributed by atoms with E-state index < -0.39 is 0 Å². The fourth-order valence-corrected chi connectivity index (χ4v) is 2.38. The van der Waals surface area contributed by atoms with Crippen molar-refractivity contribution >= 4 is 39.1 Å². The Labute approximate surface area is 118 Å². The van der Waals surface area contributed by atoms with Gasteiger partial charge in [-0.25, -0.2) is 4.98 Å². The predicted molar refractivity (Wildman–Crippen MR) is 76.1 cm³/mol. The van der Waals surface area contributed by atoms with Crippen LogP contribution in [0.3, 0.4) is 0 Å². The molecule has 0 saturated heterocycles. The molecule has 0 saturated carbocycles. The van der Waals surface area contributed by atoms with Crippen molar-refractivity contribution < 1.29 is 4.79 Å². The maximum atomic E-state index is 12.0. The summed E-state index contributed by atoms with van der Waals surface area (Å²) in [6, 6.07) is 8.98. The summed E-state index contributed by atoms with van der Waals surface area (Å²) < 4.78 is 0.912. The van der Waals surface area contributed by atoms with E-state index in [0.29, 0.717) is 11.3 Å². The molecule has 2 aromatic rings. The topological polar surface area (TPSA) is 42.0 Å². The Balaban J connectivity index is 2.24. The molecule has 0 radical (unpaired) electrons. The third kappa shape index (κ3) is 3.09. The van der Waals surface area contributed by atoms with Gasteiger partial charge in [0.25, 0.3) is 5.91 Å². The number of anilines is 1. The summed E-state index contributed by atoms with van der Waals surface area (Å²) in [5.41, 5.74) is 2.13. The lowest BCUT2D eigenvalue weighted by Crippen LogP contribution is -2.13. The molecule has 5 heteroatoms. The number of benzene rings is 1. The Bertz CT molecular complexity index is 581. The second-order valence-corrected chi connectivity index (χ2v) is 5.09. The largest absolute Gasteiger partial charge is 0.322 e. The van der Waals surface area contributed by atoms with Gasteiger partial charge in [0, 0.05) is 16.4 Å². The molecule has 1 aromatic carbocycles. The molecule has 0 atom stereocenters. The lowest BCUT2D eigenvalue weighted by molar-refractivity contribution is 0.102. The van der Waals surface area contributed by atoms with E-state index in [2.05, 4.69) is 26.2 Å². The molecule has 0 bridgehead atoms. The summed E-state index contributed by atoms with van der Waals surface area (Å²) in [6.45, 7) is 1.96. The third-order valence-corrected chi connectivity index (χ3v) is 3.06. The van der Waals surface area contributed by atoms with Gasteiger partial charge >= 0.3 is 0 Å². The number of hydrogen-bond donors (Lipinski definition) is 1. The first-order valence-corrected chi connectivity index (χ1v) is 6.42. The van der Waals surface area contributed by atoms with Gasteiger partial charge in [-0.2, -0.15) is 0 Å². The van der Waals surface area contributed by atoms with Gasteiger partial charge in [0.05, 0.1) is 5.56 Å². The lowest BCUT2D eigenvalue weighted by Gasteiger charge is -2.07. The van der Waals surface area contributed by atoms with Gasteiger partial charge in [0.2, 0.25) is 0 Å². The average Bonchev–Trinajstić information content (AvgIpc) is 2.27. The fraction of sp³-hybridized carbons (Fsp3) is 0.0769. The summed E-state index contributed by atoms with van der Waals surface area (Å²) in [5.74, 6) is -0.273. The lowest BCUT2D eigenvalue weighted by atomic mass is 10.2. The number of aryl methyl sites for hydroxylation is 1. The molecule has 0 spiro atoms. The Morgan fingerprint density at radius 2 is 2.17 bits per heavy atom. The number of carbonyl (C=O) groups is 1. The van der Waals surface area contributed by atoms with E-state index in [0.717, 1.165) is 10.0 Å². The number of halogens is 2. The van der Waals surface area contributed by atoms with E-state index in [-0.39, 0.29) is 11.1 Å². The van der Waals surface area contributed by atoms with Gasteiger partial charge in [-0.3, -0.25) is 4.79 Å². The minimum Gasteiger partial charge on any atom is -0.322 e. The van der Waals surface area contributed by atoms with E-state index in [4.69, 9.17) is 11.6 Å². The van der Waals surface area contributed by atoms with Gasteiger partial charge in [-0.15, -0.1) is 0 Å². The normalized spacial score (nSPS) is 10.2. The Morgan fingerprint density at radius 3 is 2.83 bits per heavy atom. The highest BCUT2D eigenvalue weighted by molar-refractivity contribution is 9.10. The Kier molecular flexibility index (Phi) is 3.99. The Morgan fingerprint density at radius 1 is 1.39 bits per heavy atom. The smallest absolute Gasteiger partial charge is 0.258 e. The van der Waals surface area contributed by atoms with Crippen LogP contribution >= 0.6 is 27.5 Å². The van der Waals surface area contributed by atoms with Crippen LogP contribution in [0.5, 0.6) is 0 Å². The van der Waals surface area contributed by atoms with Crippen LogP contribution in [0.15, 0.2) is 41.0 Å². The van der Waals surface area contributed by atoms with Crippen molar-refractivity contribution in [2.24, 2.45) is 0 Å². The van der Waals surface area contributed by atoms with Crippen molar-refractivity contribution in [3.63, 3.8) is 0 Å². The van der Waals surface area contributed by atoms with Gasteiger partial charge in [0.1, 0.15) is 5.15 Å². The number of amides is 1. The summed E-state index contributed by atoms with van der Waals surface area (Å²) in [5, 5.41) is 2.98. The zero-order valence-corrected chi connectivity index (χ0v) is 11.9. The first-order valence-electron chi connectivity index (χ1n) is 5.25. The first kappa shape index (κ1) is 13.1. The van der Waals surface area contributed by atoms with E-state index in [9.17, 15) is 4.79 Å². The molecule has 3 nitrogen and oxygen atoms in total. The fourth-order valence-electron chi connectivity index (χ4n) is 1.56. The summed E-state index contributed by atoms with van der Waals surface area (Å²) in [4.78, 5) is 15.9. The minimum absolute atomic E-state index is 0.196. The van der Waals surface area contributed by atoms with Gasteiger partial charge in [-0.1, -0.05) is 27.5 Å². The zero-order chi connectivity index (χ0) is 13.1. The molecule has 0 fully saturated rings. The Hall–Kier alpha value is -1.39. The van der Waals surface area contributed by atoms with Crippen LogP contribution in [0.4, 0.5) is 5.69 Å². The molecule has 0 aliphatic carbocycles. The molecule has 2 rings (SSSR count). The quantitative estimate of drug-likeness (QED) is 0.846. The van der Waals surface area contributed by atoms with Crippen molar-refractivity contribution in [3.8, 4) is 0 Å². The highest BCUT2D eigenvalue weighted by Gasteiger charge is 2.11. The number of rotatable bonds is 2. The molecule has 0 aliphatic rings. The molecule has 18 heavy (non-hydrogen) atoms. The van der Waals surface area contributed by atoms with Crippen LogP contribution in [0.1, 0.15) is 15.9 Å². The van der Waals surface area contributed by atoms with E-state index >= 15 is 0 Å². The zero-order valence-electron chi connectivity index (χ0n) is 9.58. The summed E-state index contributed by atoms with van der Waals surface area (Å²) in [7, 11) is 0. The SMILES string of the molecule is Cc1cc(Br)cc(NC(=O)c2cccnc2Cl)c1. The number of pyridine rings is 1. The van der Waals surface area contributed by atoms with Crippen molar-refractivity contribution in [2.45, 2.75) is 6.92 Å². The number of nitrogens with zero attached hydrogens (tertiary/aromatic N) is 1. The number of hydrogen-bond acceptors (Lipinski definition) is 2. The van der Waals surface area contributed by atoms with Crippen LogP contribution in [0.2, 0.25) is 5.15 Å². The van der Waals surface area contributed by atoms with E-state index in [1.54, 1.807) is 18.3 Å². The molecule has 0 unspecified atom stereocenters. The standard InChI is InChI=1S/C13H10BrClN2O/c1-8-5-9(14)7-10(6-8)17-13(18)11-3-2-4-16-12(11)15/h2-7H,1H3,(H,17,18). The van der Waals surface area contributed by atoms with Crippen molar-refractivity contribution in [2.75, 3.05) is 5.32 Å². The first-order chi connectivity index (χ1) is 8.56. The van der Waals surface area contributed by atoms with E-state index in [1.807, 2.05) is 25.1 Å². The van der Waals surface area contributed by atoms with Crippen LogP contribution in [-0.4, -0.2) is 10.9 Å². The van der Waals surface area contributed by atoms with Crippen molar-refractivity contribution in [3.05, 3.63) is 57.3 Å². The second kappa shape index (κ2) is 5.50. The van der Waals surface area contributed by atoms with Crippen LogP contribution in [0.25, 0.3) is 0 Å². The molecule has 1 N–H and O–H groups in total. The molecule has 1 aromatic heterocycles. The second-order valence-electron chi connectivity index (χ2n) is 3.81. The van der Waals surface area contributed by atoms with E-state index in [1.165, 1.54) is 0 Å². The van der Waals surface area contributed by atoms with Gasteiger partial charge in [0.15, 0.2) is 0 Å². The summed E-state index contributed by atoms with van der Waals surface area (Å²) in [6.07, 6.45) is 1.54. The maximum absolute atomic E-state index is 12.0. The molecule has 92 valence electrons. The maximum Gasteiger partial charge on any atom is 0.258 e. The molecule has 0 aliphatic heterocycles. The molecule has 1 amide bonds. The molecule has 1 heterocycles. The number of carbonyl (C=O) groups excluding carboxylic acids is 1. The average molecular weight is 326 g/mol. The van der Waals surface area contributed by atoms with Crippen LogP contribution in [-0.2, 0) is 0 Å². The highest BCUT2D eigenvalue weighted by Crippen LogP contribution is 2.20. The predicted octanol–water partition coefficient (Wildman–Crippen LogP) is 4.06. The van der Waals surface area contributed by atoms with Gasteiger partial charge < -0.3 is 5.32 Å². The number of aromatic nitrogens is 1. The minimum atomic E-state index is -0.273. The third-order valence-electron chi connectivity index (χ3n) is 2.30. The van der Waals surface area contributed by atoms with Crippen molar-refractivity contribution in [1.29, 1.82) is 0 Å². The van der Waals surface area contributed by atoms with Crippen LogP contribution in [0, 0.1) is 6.92 Å². The molecular formula is C13H10BrClN2O. The molecular weight excluding hydrogens is 316 g/mol.